The number of carbonyl (C=O) groups is 1. The number of carbonyl (C=O) groups excluding carboxylic acids is 1. The van der Waals surface area contributed by atoms with Gasteiger partial charge in [-0.2, -0.15) is 0 Å². The Balaban J connectivity index is 2.54. The van der Waals surface area contributed by atoms with Crippen LogP contribution < -0.4 is 0 Å². The predicted octanol–water partition coefficient (Wildman–Crippen LogP) is 3.31. The summed E-state index contributed by atoms with van der Waals surface area (Å²) >= 11 is 0. The number of halogens is 1. The van der Waals surface area contributed by atoms with Gasteiger partial charge in [0.25, 0.3) is 0 Å². The van der Waals surface area contributed by atoms with Crippen molar-refractivity contribution >= 4 is 6.29 Å². The average Bonchev–Trinajstić information content (AvgIpc) is 2.30. The molecule has 74 valence electrons. The van der Waals surface area contributed by atoms with E-state index in [4.69, 9.17) is 0 Å². The quantitative estimate of drug-likeness (QED) is 0.680. The van der Waals surface area contributed by atoms with Gasteiger partial charge in [-0.15, -0.1) is 0 Å². The first-order chi connectivity index (χ1) is 7.31. The fourth-order valence-electron chi connectivity index (χ4n) is 1.47. The fraction of sp³-hybridized carbons (Fsp3) is 0. The van der Waals surface area contributed by atoms with Crippen molar-refractivity contribution in [2.75, 3.05) is 0 Å². The maximum absolute atomic E-state index is 13.4. The smallest absolute Gasteiger partial charge is 0.150 e. The molecular formula is C13H9FO. The van der Waals surface area contributed by atoms with Crippen molar-refractivity contribution in [1.82, 2.24) is 0 Å². The van der Waals surface area contributed by atoms with E-state index in [-0.39, 0.29) is 5.82 Å². The molecule has 0 aromatic heterocycles. The Labute approximate surface area is 87.2 Å². The Kier molecular flexibility index (Phi) is 2.59. The second kappa shape index (κ2) is 4.05. The topological polar surface area (TPSA) is 17.1 Å². The van der Waals surface area contributed by atoms with Crippen LogP contribution in [0.15, 0.2) is 48.5 Å². The van der Waals surface area contributed by atoms with Crippen LogP contribution in [-0.2, 0) is 0 Å². The number of hydrogen-bond donors (Lipinski definition) is 0. The molecule has 0 spiro atoms. The van der Waals surface area contributed by atoms with Crippen molar-refractivity contribution in [2.45, 2.75) is 0 Å². The van der Waals surface area contributed by atoms with E-state index in [1.165, 1.54) is 6.07 Å². The van der Waals surface area contributed by atoms with Crippen LogP contribution in [0.2, 0.25) is 0 Å². The molecule has 0 bridgehead atoms. The summed E-state index contributed by atoms with van der Waals surface area (Å²) in [7, 11) is 0. The molecule has 0 saturated carbocycles. The van der Waals surface area contributed by atoms with Crippen LogP contribution >= 0.6 is 0 Å². The van der Waals surface area contributed by atoms with E-state index in [1.54, 1.807) is 42.5 Å². The summed E-state index contributed by atoms with van der Waals surface area (Å²) in [5.41, 5.74) is 1.79. The number of benzene rings is 2. The Morgan fingerprint density at radius 1 is 1.00 bits per heavy atom. The Bertz CT molecular complexity index is 491. The minimum Gasteiger partial charge on any atom is -0.298 e. The molecular weight excluding hydrogens is 191 g/mol. The molecule has 2 heteroatoms. The molecule has 2 rings (SSSR count). The summed E-state index contributed by atoms with van der Waals surface area (Å²) in [6, 6.07) is 13.4. The van der Waals surface area contributed by atoms with E-state index < -0.39 is 0 Å². The highest BCUT2D eigenvalue weighted by molar-refractivity contribution is 5.78. The molecule has 0 atom stereocenters. The fourth-order valence-corrected chi connectivity index (χ4v) is 1.47. The average molecular weight is 200 g/mol. The van der Waals surface area contributed by atoms with Crippen molar-refractivity contribution in [1.29, 1.82) is 0 Å². The van der Waals surface area contributed by atoms with Crippen molar-refractivity contribution < 1.29 is 9.18 Å². The van der Waals surface area contributed by atoms with Gasteiger partial charge in [0.2, 0.25) is 0 Å². The van der Waals surface area contributed by atoms with Crippen LogP contribution in [0.5, 0.6) is 0 Å². The summed E-state index contributed by atoms with van der Waals surface area (Å²) in [5, 5.41) is 0. The van der Waals surface area contributed by atoms with Crippen LogP contribution in [-0.4, -0.2) is 6.29 Å². The van der Waals surface area contributed by atoms with Crippen molar-refractivity contribution in [3.05, 3.63) is 59.9 Å². The van der Waals surface area contributed by atoms with E-state index in [2.05, 4.69) is 0 Å². The molecule has 2 aromatic rings. The molecule has 2 aromatic carbocycles. The van der Waals surface area contributed by atoms with Gasteiger partial charge in [-0.05, 0) is 17.7 Å². The van der Waals surface area contributed by atoms with Gasteiger partial charge in [-0.25, -0.2) is 4.39 Å². The molecule has 0 amide bonds. The maximum Gasteiger partial charge on any atom is 0.150 e. The number of hydrogen-bond acceptors (Lipinski definition) is 1. The van der Waals surface area contributed by atoms with Gasteiger partial charge in [0.05, 0.1) is 0 Å². The second-order valence-electron chi connectivity index (χ2n) is 3.22. The summed E-state index contributed by atoms with van der Waals surface area (Å²) in [5.74, 6) is -0.277. The molecule has 0 saturated heterocycles. The lowest BCUT2D eigenvalue weighted by molar-refractivity contribution is 0.112. The van der Waals surface area contributed by atoms with E-state index in [9.17, 15) is 9.18 Å². The number of aldehydes is 1. The summed E-state index contributed by atoms with van der Waals surface area (Å²) in [6.45, 7) is 0. The monoisotopic (exact) mass is 200 g/mol. The van der Waals surface area contributed by atoms with Crippen LogP contribution in [0.4, 0.5) is 4.39 Å². The molecule has 0 aliphatic heterocycles. The zero-order chi connectivity index (χ0) is 10.7. The lowest BCUT2D eigenvalue weighted by Gasteiger charge is -2.03. The molecule has 0 heterocycles. The maximum atomic E-state index is 13.4. The standard InChI is InChI=1S/C13H9FO/c14-13-7-2-1-6-12(13)11-5-3-4-10(8-11)9-15/h1-9H. The third kappa shape index (κ3) is 1.94. The largest absolute Gasteiger partial charge is 0.298 e. The molecule has 1 nitrogen and oxygen atoms in total. The Morgan fingerprint density at radius 2 is 1.80 bits per heavy atom. The summed E-state index contributed by atoms with van der Waals surface area (Å²) in [6.07, 6.45) is 0.754. The van der Waals surface area contributed by atoms with Crippen molar-refractivity contribution in [3.8, 4) is 11.1 Å². The lowest BCUT2D eigenvalue weighted by atomic mass is 10.0. The van der Waals surface area contributed by atoms with Crippen molar-refractivity contribution in [3.63, 3.8) is 0 Å². The van der Waals surface area contributed by atoms with Crippen LogP contribution in [0.3, 0.4) is 0 Å². The van der Waals surface area contributed by atoms with Crippen LogP contribution in [0, 0.1) is 5.82 Å². The Morgan fingerprint density at radius 3 is 2.53 bits per heavy atom. The van der Waals surface area contributed by atoms with Crippen molar-refractivity contribution in [2.24, 2.45) is 0 Å². The third-order valence-corrected chi connectivity index (χ3v) is 2.21. The first kappa shape index (κ1) is 9.59. The van der Waals surface area contributed by atoms with E-state index in [0.717, 1.165) is 11.8 Å². The lowest BCUT2D eigenvalue weighted by Crippen LogP contribution is -1.85. The van der Waals surface area contributed by atoms with Gasteiger partial charge in [0, 0.05) is 11.1 Å². The highest BCUT2D eigenvalue weighted by Crippen LogP contribution is 2.22. The zero-order valence-corrected chi connectivity index (χ0v) is 7.98. The molecule has 0 unspecified atom stereocenters. The highest BCUT2D eigenvalue weighted by Gasteiger charge is 2.03. The molecule has 0 fully saturated rings. The van der Waals surface area contributed by atoms with E-state index >= 15 is 0 Å². The van der Waals surface area contributed by atoms with E-state index in [1.807, 2.05) is 0 Å². The molecule has 0 aliphatic rings. The summed E-state index contributed by atoms with van der Waals surface area (Å²) < 4.78 is 13.4. The molecule has 0 radical (unpaired) electrons. The molecule has 0 N–H and O–H groups in total. The SMILES string of the molecule is O=Cc1cccc(-c2ccccc2F)c1. The minimum atomic E-state index is -0.277. The minimum absolute atomic E-state index is 0.277. The molecule has 0 aliphatic carbocycles. The van der Waals surface area contributed by atoms with Gasteiger partial charge in [-0.3, -0.25) is 4.79 Å². The third-order valence-electron chi connectivity index (χ3n) is 2.21. The van der Waals surface area contributed by atoms with Gasteiger partial charge >= 0.3 is 0 Å². The summed E-state index contributed by atoms with van der Waals surface area (Å²) in [4.78, 5) is 10.6. The van der Waals surface area contributed by atoms with Crippen LogP contribution in [0.1, 0.15) is 10.4 Å². The van der Waals surface area contributed by atoms with E-state index in [0.29, 0.717) is 11.1 Å². The molecule has 15 heavy (non-hydrogen) atoms. The number of rotatable bonds is 2. The van der Waals surface area contributed by atoms with Gasteiger partial charge in [0.15, 0.2) is 0 Å². The second-order valence-corrected chi connectivity index (χ2v) is 3.22. The highest BCUT2D eigenvalue weighted by atomic mass is 19.1. The normalized spacial score (nSPS) is 9.93. The van der Waals surface area contributed by atoms with Gasteiger partial charge in [-0.1, -0.05) is 36.4 Å². The van der Waals surface area contributed by atoms with Gasteiger partial charge in [0.1, 0.15) is 12.1 Å². The Hall–Kier alpha value is -1.96. The van der Waals surface area contributed by atoms with Gasteiger partial charge < -0.3 is 0 Å². The first-order valence-corrected chi connectivity index (χ1v) is 4.61. The van der Waals surface area contributed by atoms with Crippen LogP contribution in [0.25, 0.3) is 11.1 Å². The zero-order valence-electron chi connectivity index (χ0n) is 7.98. The predicted molar refractivity (Wildman–Crippen MR) is 57.2 cm³/mol. The first-order valence-electron chi connectivity index (χ1n) is 4.61.